The van der Waals surface area contributed by atoms with Gasteiger partial charge in [-0.15, -0.1) is 0 Å². The van der Waals surface area contributed by atoms with Crippen LogP contribution in [0.25, 0.3) is 0 Å². The molecule has 2 aromatic rings. The fourth-order valence-corrected chi connectivity index (χ4v) is 3.27. The normalized spacial score (nSPS) is 13.0. The third kappa shape index (κ3) is 7.16. The summed E-state index contributed by atoms with van der Waals surface area (Å²) in [5.41, 5.74) is 4.20. The highest BCUT2D eigenvalue weighted by atomic mass is 16.4. The molecule has 2 unspecified atom stereocenters. The van der Waals surface area contributed by atoms with E-state index in [-0.39, 0.29) is 24.4 Å². The average molecular weight is 383 g/mol. The number of anilines is 1. The molecule has 0 spiro atoms. The van der Waals surface area contributed by atoms with Crippen molar-refractivity contribution in [1.29, 1.82) is 0 Å². The predicted octanol–water partition coefficient (Wildman–Crippen LogP) is 4.09. The van der Waals surface area contributed by atoms with Crippen molar-refractivity contribution in [3.8, 4) is 0 Å². The molecule has 0 radical (unpaired) electrons. The Morgan fingerprint density at radius 1 is 1.04 bits per heavy atom. The van der Waals surface area contributed by atoms with E-state index in [0.29, 0.717) is 12.8 Å². The van der Waals surface area contributed by atoms with Crippen LogP contribution in [0.15, 0.2) is 48.5 Å². The number of carbonyl (C=O) groups is 2. The predicted molar refractivity (Wildman–Crippen MR) is 113 cm³/mol. The van der Waals surface area contributed by atoms with Crippen molar-refractivity contribution >= 4 is 17.6 Å². The second kappa shape index (κ2) is 10.6. The second-order valence-electron chi connectivity index (χ2n) is 7.39. The molecule has 0 aromatic heterocycles. The SMILES string of the molecule is Cc1cccc(NC(=O)CC(C)NC(CCC(=O)O)Cc2ccccc2)c1C. The van der Waals surface area contributed by atoms with Gasteiger partial charge in [0.2, 0.25) is 5.91 Å². The van der Waals surface area contributed by atoms with Crippen LogP contribution in [0, 0.1) is 13.8 Å². The van der Waals surface area contributed by atoms with Crippen molar-refractivity contribution in [3.05, 3.63) is 65.2 Å². The highest BCUT2D eigenvalue weighted by Gasteiger charge is 2.17. The highest BCUT2D eigenvalue weighted by Crippen LogP contribution is 2.18. The molecule has 0 heterocycles. The lowest BCUT2D eigenvalue weighted by atomic mass is 10.0. The number of carboxylic acid groups (broad SMARTS) is 1. The van der Waals surface area contributed by atoms with E-state index in [0.717, 1.165) is 28.8 Å². The Bertz CT molecular complexity index is 790. The Hall–Kier alpha value is -2.66. The van der Waals surface area contributed by atoms with E-state index in [1.807, 2.05) is 69.3 Å². The molecule has 28 heavy (non-hydrogen) atoms. The molecular formula is C23H30N2O3. The lowest BCUT2D eigenvalue weighted by molar-refractivity contribution is -0.137. The quantitative estimate of drug-likeness (QED) is 0.578. The van der Waals surface area contributed by atoms with Crippen molar-refractivity contribution < 1.29 is 14.7 Å². The van der Waals surface area contributed by atoms with Gasteiger partial charge in [-0.25, -0.2) is 0 Å². The molecule has 1 amide bonds. The maximum absolute atomic E-state index is 12.4. The minimum absolute atomic E-state index is 0.00186. The molecule has 5 heteroatoms. The van der Waals surface area contributed by atoms with Gasteiger partial charge >= 0.3 is 5.97 Å². The first kappa shape index (κ1) is 21.6. The van der Waals surface area contributed by atoms with Crippen molar-refractivity contribution in [2.24, 2.45) is 0 Å². The molecule has 2 rings (SSSR count). The minimum atomic E-state index is -0.805. The lowest BCUT2D eigenvalue weighted by Crippen LogP contribution is -2.40. The molecule has 0 aliphatic rings. The second-order valence-corrected chi connectivity index (χ2v) is 7.39. The topological polar surface area (TPSA) is 78.4 Å². The number of benzene rings is 2. The first-order chi connectivity index (χ1) is 13.3. The summed E-state index contributed by atoms with van der Waals surface area (Å²) < 4.78 is 0. The van der Waals surface area contributed by atoms with E-state index >= 15 is 0 Å². The van der Waals surface area contributed by atoms with E-state index in [2.05, 4.69) is 10.6 Å². The Morgan fingerprint density at radius 2 is 1.75 bits per heavy atom. The van der Waals surface area contributed by atoms with Crippen LogP contribution >= 0.6 is 0 Å². The highest BCUT2D eigenvalue weighted by molar-refractivity contribution is 5.92. The van der Waals surface area contributed by atoms with Crippen LogP contribution in [0.5, 0.6) is 0 Å². The Labute approximate surface area is 167 Å². The number of hydrogen-bond donors (Lipinski definition) is 3. The van der Waals surface area contributed by atoms with E-state index in [9.17, 15) is 9.59 Å². The number of carbonyl (C=O) groups excluding carboxylic acids is 1. The van der Waals surface area contributed by atoms with Crippen molar-refractivity contribution in [2.45, 2.75) is 58.5 Å². The first-order valence-corrected chi connectivity index (χ1v) is 9.73. The molecule has 2 aromatic carbocycles. The van der Waals surface area contributed by atoms with Gasteiger partial charge in [-0.2, -0.15) is 0 Å². The van der Waals surface area contributed by atoms with Gasteiger partial charge in [0.25, 0.3) is 0 Å². The van der Waals surface area contributed by atoms with E-state index in [4.69, 9.17) is 5.11 Å². The minimum Gasteiger partial charge on any atom is -0.481 e. The molecule has 150 valence electrons. The molecule has 3 N–H and O–H groups in total. The van der Waals surface area contributed by atoms with Crippen LogP contribution in [0.3, 0.4) is 0 Å². The van der Waals surface area contributed by atoms with E-state index in [1.165, 1.54) is 0 Å². The zero-order chi connectivity index (χ0) is 20.5. The fourth-order valence-electron chi connectivity index (χ4n) is 3.27. The number of amides is 1. The summed E-state index contributed by atoms with van der Waals surface area (Å²) in [6, 6.07) is 15.8. The molecule has 0 aliphatic carbocycles. The Balaban J connectivity index is 1.93. The molecule has 5 nitrogen and oxygen atoms in total. The van der Waals surface area contributed by atoms with Crippen LogP contribution in [0.2, 0.25) is 0 Å². The Kier molecular flexibility index (Phi) is 8.20. The molecule has 0 saturated heterocycles. The third-order valence-corrected chi connectivity index (χ3v) is 4.92. The van der Waals surface area contributed by atoms with Gasteiger partial charge in [0, 0.05) is 30.6 Å². The Morgan fingerprint density at radius 3 is 2.43 bits per heavy atom. The van der Waals surface area contributed by atoms with Gasteiger partial charge in [-0.05, 0) is 56.4 Å². The average Bonchev–Trinajstić information content (AvgIpc) is 2.64. The van der Waals surface area contributed by atoms with Crippen LogP contribution < -0.4 is 10.6 Å². The summed E-state index contributed by atoms with van der Waals surface area (Å²) in [7, 11) is 0. The van der Waals surface area contributed by atoms with Gasteiger partial charge in [0.15, 0.2) is 0 Å². The molecule has 0 fully saturated rings. The fraction of sp³-hybridized carbons (Fsp3) is 0.391. The van der Waals surface area contributed by atoms with Gasteiger partial charge < -0.3 is 15.7 Å². The summed E-state index contributed by atoms with van der Waals surface area (Å²) in [5, 5.41) is 15.4. The zero-order valence-electron chi connectivity index (χ0n) is 16.9. The molecule has 0 saturated carbocycles. The molecule has 0 bridgehead atoms. The van der Waals surface area contributed by atoms with Crippen LogP contribution in [0.4, 0.5) is 5.69 Å². The maximum atomic E-state index is 12.4. The number of aryl methyl sites for hydroxylation is 1. The van der Waals surface area contributed by atoms with Crippen molar-refractivity contribution in [1.82, 2.24) is 5.32 Å². The zero-order valence-corrected chi connectivity index (χ0v) is 16.9. The summed E-state index contributed by atoms with van der Waals surface area (Å²) >= 11 is 0. The number of carboxylic acids is 1. The number of hydrogen-bond acceptors (Lipinski definition) is 3. The molecule has 0 aliphatic heterocycles. The number of rotatable bonds is 10. The van der Waals surface area contributed by atoms with Gasteiger partial charge in [0.05, 0.1) is 0 Å². The molecule has 2 atom stereocenters. The summed E-state index contributed by atoms with van der Waals surface area (Å²) in [6.45, 7) is 5.97. The van der Waals surface area contributed by atoms with Crippen LogP contribution in [0.1, 0.15) is 42.9 Å². The van der Waals surface area contributed by atoms with Crippen molar-refractivity contribution in [3.63, 3.8) is 0 Å². The lowest BCUT2D eigenvalue weighted by Gasteiger charge is -2.23. The standard InChI is InChI=1S/C23H30N2O3/c1-16-8-7-11-21(18(16)3)25-22(26)14-17(2)24-20(12-13-23(27)28)15-19-9-5-4-6-10-19/h4-11,17,20,24H,12-15H2,1-3H3,(H,25,26)(H,27,28). The van der Waals surface area contributed by atoms with E-state index < -0.39 is 5.97 Å². The number of nitrogens with one attached hydrogen (secondary N) is 2. The van der Waals surface area contributed by atoms with E-state index in [1.54, 1.807) is 0 Å². The van der Waals surface area contributed by atoms with Crippen LogP contribution in [-0.2, 0) is 16.0 Å². The van der Waals surface area contributed by atoms with Crippen LogP contribution in [-0.4, -0.2) is 29.1 Å². The van der Waals surface area contributed by atoms with Gasteiger partial charge in [0.1, 0.15) is 0 Å². The molecular weight excluding hydrogens is 352 g/mol. The summed E-state index contributed by atoms with van der Waals surface area (Å²) in [4.78, 5) is 23.4. The third-order valence-electron chi connectivity index (χ3n) is 4.92. The van der Waals surface area contributed by atoms with Gasteiger partial charge in [-0.1, -0.05) is 42.5 Å². The largest absolute Gasteiger partial charge is 0.481 e. The van der Waals surface area contributed by atoms with Crippen molar-refractivity contribution in [2.75, 3.05) is 5.32 Å². The smallest absolute Gasteiger partial charge is 0.303 e. The maximum Gasteiger partial charge on any atom is 0.303 e. The van der Waals surface area contributed by atoms with Gasteiger partial charge in [-0.3, -0.25) is 9.59 Å². The summed E-state index contributed by atoms with van der Waals surface area (Å²) in [5.74, 6) is -0.856. The summed E-state index contributed by atoms with van der Waals surface area (Å²) in [6.07, 6.45) is 1.68. The monoisotopic (exact) mass is 382 g/mol. The first-order valence-electron chi connectivity index (χ1n) is 9.73. The number of aliphatic carboxylic acids is 1.